The quantitative estimate of drug-likeness (QED) is 0.910. The number of aromatic nitrogens is 2. The fourth-order valence-electron chi connectivity index (χ4n) is 2.65. The number of hydrogen-bond acceptors (Lipinski definition) is 3. The minimum absolute atomic E-state index is 0.0408. The lowest BCUT2D eigenvalue weighted by Gasteiger charge is -2.13. The van der Waals surface area contributed by atoms with Gasteiger partial charge in [-0.3, -0.25) is 4.79 Å². The second-order valence-electron chi connectivity index (χ2n) is 4.89. The highest BCUT2D eigenvalue weighted by atomic mass is 16.1. The second-order valence-corrected chi connectivity index (χ2v) is 4.89. The van der Waals surface area contributed by atoms with Crippen molar-refractivity contribution in [3.05, 3.63) is 58.1 Å². The molecule has 1 N–H and O–H groups in total. The number of hydrogen-bond donors (Lipinski definition) is 1. The van der Waals surface area contributed by atoms with Crippen molar-refractivity contribution in [3.8, 4) is 0 Å². The summed E-state index contributed by atoms with van der Waals surface area (Å²) in [5.74, 6) is 0.460. The number of nitrogens with one attached hydrogen (secondary N) is 1. The zero-order valence-corrected chi connectivity index (χ0v) is 11.0. The summed E-state index contributed by atoms with van der Waals surface area (Å²) < 4.78 is 1.66. The third-order valence-electron chi connectivity index (χ3n) is 3.65. The first-order chi connectivity index (χ1) is 9.28. The van der Waals surface area contributed by atoms with E-state index in [2.05, 4.69) is 34.6 Å². The van der Waals surface area contributed by atoms with Crippen LogP contribution in [0.5, 0.6) is 0 Å². The van der Waals surface area contributed by atoms with Crippen molar-refractivity contribution in [2.24, 2.45) is 0 Å². The molecule has 1 aliphatic carbocycles. The maximum Gasteiger partial charge on any atom is 0.293 e. The fraction of sp³-hybridized carbons (Fsp3) is 0.333. The predicted molar refractivity (Wildman–Crippen MR) is 75.4 cm³/mol. The van der Waals surface area contributed by atoms with Gasteiger partial charge in [-0.1, -0.05) is 24.3 Å². The van der Waals surface area contributed by atoms with Gasteiger partial charge in [-0.15, -0.1) is 0 Å². The number of nitrogens with zero attached hydrogens (tertiary/aromatic N) is 2. The molecule has 1 aromatic carbocycles. The average Bonchev–Trinajstić information content (AvgIpc) is 2.83. The van der Waals surface area contributed by atoms with Crippen molar-refractivity contribution >= 4 is 5.82 Å². The van der Waals surface area contributed by atoms with Gasteiger partial charge in [-0.25, -0.2) is 4.98 Å². The highest BCUT2D eigenvalue weighted by Gasteiger charge is 2.21. The summed E-state index contributed by atoms with van der Waals surface area (Å²) in [7, 11) is 0. The van der Waals surface area contributed by atoms with Crippen LogP contribution in [-0.2, 0) is 19.4 Å². The SMILES string of the molecule is CCn1ccnc(NC2Cc3ccccc3C2)c1=O. The molecule has 0 aliphatic heterocycles. The second kappa shape index (κ2) is 4.88. The minimum Gasteiger partial charge on any atom is -0.362 e. The van der Waals surface area contributed by atoms with Crippen LogP contribution in [0.1, 0.15) is 18.1 Å². The number of aryl methyl sites for hydroxylation is 1. The molecule has 1 aromatic heterocycles. The van der Waals surface area contributed by atoms with E-state index in [9.17, 15) is 4.79 Å². The van der Waals surface area contributed by atoms with Gasteiger partial charge in [0, 0.05) is 25.0 Å². The largest absolute Gasteiger partial charge is 0.362 e. The zero-order valence-electron chi connectivity index (χ0n) is 11.0. The van der Waals surface area contributed by atoms with Crippen molar-refractivity contribution in [1.29, 1.82) is 0 Å². The molecule has 0 fully saturated rings. The third kappa shape index (κ3) is 2.26. The monoisotopic (exact) mass is 255 g/mol. The van der Waals surface area contributed by atoms with E-state index < -0.39 is 0 Å². The normalized spacial score (nSPS) is 14.4. The van der Waals surface area contributed by atoms with Gasteiger partial charge in [0.2, 0.25) is 0 Å². The van der Waals surface area contributed by atoms with Gasteiger partial charge in [0.1, 0.15) is 0 Å². The Labute approximate surface area is 112 Å². The molecule has 0 unspecified atom stereocenters. The lowest BCUT2D eigenvalue weighted by Crippen LogP contribution is -2.29. The molecule has 1 heterocycles. The number of benzene rings is 1. The zero-order chi connectivity index (χ0) is 13.2. The third-order valence-corrected chi connectivity index (χ3v) is 3.65. The minimum atomic E-state index is -0.0408. The van der Waals surface area contributed by atoms with Gasteiger partial charge in [0.25, 0.3) is 5.56 Å². The molecule has 0 atom stereocenters. The van der Waals surface area contributed by atoms with Crippen LogP contribution in [0.2, 0.25) is 0 Å². The average molecular weight is 255 g/mol. The van der Waals surface area contributed by atoms with E-state index in [1.807, 2.05) is 6.92 Å². The summed E-state index contributed by atoms with van der Waals surface area (Å²) in [6.45, 7) is 2.62. The highest BCUT2D eigenvalue weighted by molar-refractivity contribution is 5.40. The molecule has 19 heavy (non-hydrogen) atoms. The Kier molecular flexibility index (Phi) is 3.07. The summed E-state index contributed by atoms with van der Waals surface area (Å²) in [6.07, 6.45) is 5.31. The lowest BCUT2D eigenvalue weighted by molar-refractivity contribution is 0.706. The van der Waals surface area contributed by atoms with E-state index in [0.717, 1.165) is 12.8 Å². The Morgan fingerprint density at radius 2 is 2.00 bits per heavy atom. The summed E-state index contributed by atoms with van der Waals surface area (Å²) in [5.41, 5.74) is 2.69. The van der Waals surface area contributed by atoms with Crippen LogP contribution in [0.15, 0.2) is 41.5 Å². The van der Waals surface area contributed by atoms with Crippen molar-refractivity contribution in [3.63, 3.8) is 0 Å². The first-order valence-corrected chi connectivity index (χ1v) is 6.66. The Morgan fingerprint density at radius 1 is 1.32 bits per heavy atom. The van der Waals surface area contributed by atoms with Gasteiger partial charge >= 0.3 is 0 Å². The van der Waals surface area contributed by atoms with Crippen molar-refractivity contribution in [1.82, 2.24) is 9.55 Å². The molecule has 2 aromatic rings. The molecule has 0 spiro atoms. The smallest absolute Gasteiger partial charge is 0.293 e. The van der Waals surface area contributed by atoms with Gasteiger partial charge in [0.05, 0.1) is 0 Å². The summed E-state index contributed by atoms with van der Waals surface area (Å²) in [6, 6.07) is 8.70. The number of fused-ring (bicyclic) bond motifs is 1. The molecule has 1 aliphatic rings. The first kappa shape index (κ1) is 12.0. The molecule has 0 radical (unpaired) electrons. The molecule has 0 saturated carbocycles. The van der Waals surface area contributed by atoms with Crippen LogP contribution < -0.4 is 10.9 Å². The van der Waals surface area contributed by atoms with E-state index in [0.29, 0.717) is 12.4 Å². The van der Waals surface area contributed by atoms with Crippen LogP contribution in [0, 0.1) is 0 Å². The van der Waals surface area contributed by atoms with Crippen LogP contribution in [0.3, 0.4) is 0 Å². The van der Waals surface area contributed by atoms with E-state index in [4.69, 9.17) is 0 Å². The number of anilines is 1. The molecule has 98 valence electrons. The molecular formula is C15H17N3O. The van der Waals surface area contributed by atoms with E-state index in [1.165, 1.54) is 11.1 Å². The van der Waals surface area contributed by atoms with Crippen LogP contribution >= 0.6 is 0 Å². The standard InChI is InChI=1S/C15H17N3O/c1-2-18-8-7-16-14(15(18)19)17-13-9-11-5-3-4-6-12(11)10-13/h3-8,13H,2,9-10H2,1H3,(H,16,17). The first-order valence-electron chi connectivity index (χ1n) is 6.66. The van der Waals surface area contributed by atoms with Gasteiger partial charge in [-0.05, 0) is 30.9 Å². The maximum atomic E-state index is 12.1. The lowest BCUT2D eigenvalue weighted by atomic mass is 10.1. The van der Waals surface area contributed by atoms with Crippen LogP contribution in [0.4, 0.5) is 5.82 Å². The Morgan fingerprint density at radius 3 is 2.63 bits per heavy atom. The van der Waals surface area contributed by atoms with Crippen molar-refractivity contribution in [2.45, 2.75) is 32.4 Å². The highest BCUT2D eigenvalue weighted by Crippen LogP contribution is 2.23. The van der Waals surface area contributed by atoms with E-state index >= 15 is 0 Å². The summed E-state index contributed by atoms with van der Waals surface area (Å²) in [5, 5.41) is 3.29. The van der Waals surface area contributed by atoms with Crippen LogP contribution in [-0.4, -0.2) is 15.6 Å². The van der Waals surface area contributed by atoms with Gasteiger partial charge in [-0.2, -0.15) is 0 Å². The number of rotatable bonds is 3. The molecule has 0 saturated heterocycles. The molecule has 3 rings (SSSR count). The summed E-state index contributed by atoms with van der Waals surface area (Å²) >= 11 is 0. The Balaban J connectivity index is 1.80. The fourth-order valence-corrected chi connectivity index (χ4v) is 2.65. The predicted octanol–water partition coefficient (Wildman–Crippen LogP) is 1.84. The Bertz CT molecular complexity index is 623. The molecule has 0 amide bonds. The van der Waals surface area contributed by atoms with Crippen molar-refractivity contribution < 1.29 is 0 Å². The van der Waals surface area contributed by atoms with E-state index in [-0.39, 0.29) is 11.6 Å². The summed E-state index contributed by atoms with van der Waals surface area (Å²) in [4.78, 5) is 16.3. The van der Waals surface area contributed by atoms with Crippen molar-refractivity contribution in [2.75, 3.05) is 5.32 Å². The topological polar surface area (TPSA) is 46.9 Å². The molecular weight excluding hydrogens is 238 g/mol. The Hall–Kier alpha value is -2.10. The maximum absolute atomic E-state index is 12.1. The molecule has 0 bridgehead atoms. The van der Waals surface area contributed by atoms with Gasteiger partial charge in [0.15, 0.2) is 5.82 Å². The van der Waals surface area contributed by atoms with E-state index in [1.54, 1.807) is 17.0 Å². The molecule has 4 nitrogen and oxygen atoms in total. The van der Waals surface area contributed by atoms with Gasteiger partial charge < -0.3 is 9.88 Å². The van der Waals surface area contributed by atoms with Crippen LogP contribution in [0.25, 0.3) is 0 Å². The molecule has 4 heteroatoms.